The molecule has 0 aromatic heterocycles. The van der Waals surface area contributed by atoms with Gasteiger partial charge in [0.2, 0.25) is 12.7 Å². The quantitative estimate of drug-likeness (QED) is 0.646. The molecule has 3 rings (SSSR count). The van der Waals surface area contributed by atoms with E-state index < -0.39 is 0 Å². The Labute approximate surface area is 135 Å². The first-order chi connectivity index (χ1) is 10.8. The van der Waals surface area contributed by atoms with Gasteiger partial charge in [0, 0.05) is 23.6 Å². The number of ether oxygens (including phenoxy) is 2. The molecule has 22 heavy (non-hydrogen) atoms. The normalized spacial score (nSPS) is 17.3. The maximum absolute atomic E-state index is 11.8. The zero-order valence-corrected chi connectivity index (χ0v) is 13.4. The molecule has 0 unspecified atom stereocenters. The van der Waals surface area contributed by atoms with Crippen LogP contribution in [0.2, 0.25) is 0 Å². The number of fused-ring (bicyclic) bond motifs is 1. The lowest BCUT2D eigenvalue weighted by Gasteiger charge is -2.08. The molecule has 1 fully saturated rings. The number of carbonyl (C=O) groups excluding carboxylic acids is 1. The minimum absolute atomic E-state index is 0.0512. The summed E-state index contributed by atoms with van der Waals surface area (Å²) in [5, 5.41) is 3.73. The highest BCUT2D eigenvalue weighted by atomic mass is 32.2. The molecule has 1 heterocycles. The number of rotatable bonds is 6. The molecular formula is C17H21NO3S. The summed E-state index contributed by atoms with van der Waals surface area (Å²) in [7, 11) is 0. The maximum atomic E-state index is 11.8. The molecule has 1 amide bonds. The molecule has 0 radical (unpaired) electrons. The monoisotopic (exact) mass is 319 g/mol. The average Bonchev–Trinajstić information content (AvgIpc) is 3.20. The molecule has 1 N–H and O–H groups in total. The topological polar surface area (TPSA) is 47.6 Å². The van der Waals surface area contributed by atoms with E-state index in [9.17, 15) is 4.79 Å². The fourth-order valence-electron chi connectivity index (χ4n) is 2.70. The highest BCUT2D eigenvalue weighted by Gasteiger charge is 2.14. The lowest BCUT2D eigenvalue weighted by atomic mass is 10.2. The Morgan fingerprint density at radius 3 is 2.95 bits per heavy atom. The van der Waals surface area contributed by atoms with E-state index in [0.717, 1.165) is 34.6 Å². The van der Waals surface area contributed by atoms with Gasteiger partial charge in [-0.3, -0.25) is 4.79 Å². The zero-order chi connectivity index (χ0) is 15.2. The largest absolute Gasteiger partial charge is 0.454 e. The Hall–Kier alpha value is -1.62. The van der Waals surface area contributed by atoms with Crippen LogP contribution in [-0.2, 0) is 4.79 Å². The van der Waals surface area contributed by atoms with Crippen LogP contribution in [0.5, 0.6) is 11.5 Å². The van der Waals surface area contributed by atoms with E-state index in [0.29, 0.717) is 0 Å². The van der Waals surface area contributed by atoms with E-state index in [1.807, 2.05) is 30.0 Å². The van der Waals surface area contributed by atoms with E-state index in [4.69, 9.17) is 9.47 Å². The van der Waals surface area contributed by atoms with Gasteiger partial charge in [0.1, 0.15) is 0 Å². The number of nitrogens with one attached hydrogen (secondary N) is 1. The Kier molecular flexibility index (Phi) is 5.27. The highest BCUT2D eigenvalue weighted by molar-refractivity contribution is 7.99. The van der Waals surface area contributed by atoms with Gasteiger partial charge in [0.25, 0.3) is 0 Å². The Morgan fingerprint density at radius 1 is 1.27 bits per heavy atom. The first-order valence-electron chi connectivity index (χ1n) is 7.78. The van der Waals surface area contributed by atoms with Crippen molar-refractivity contribution in [1.82, 2.24) is 5.32 Å². The van der Waals surface area contributed by atoms with Crippen LogP contribution in [0.4, 0.5) is 0 Å². The predicted octanol–water partition coefficient (Wildman–Crippen LogP) is 3.22. The minimum atomic E-state index is -0.0512. The van der Waals surface area contributed by atoms with Crippen molar-refractivity contribution in [2.75, 3.05) is 19.1 Å². The van der Waals surface area contributed by atoms with Crippen LogP contribution >= 0.6 is 11.8 Å². The SMILES string of the molecule is O=C(/C=C/c1ccc2c(c1)OCO2)NCCSC1CCCC1. The second kappa shape index (κ2) is 7.58. The summed E-state index contributed by atoms with van der Waals surface area (Å²) >= 11 is 1.98. The molecule has 0 spiro atoms. The van der Waals surface area contributed by atoms with Crippen molar-refractivity contribution in [3.8, 4) is 11.5 Å². The van der Waals surface area contributed by atoms with Crippen molar-refractivity contribution in [1.29, 1.82) is 0 Å². The minimum Gasteiger partial charge on any atom is -0.454 e. The standard InChI is InChI=1S/C17H21NO3S/c19-17(18-9-10-22-14-3-1-2-4-14)8-6-13-5-7-15-16(11-13)21-12-20-15/h5-8,11,14H,1-4,9-10,12H2,(H,18,19)/b8-6+. The number of amides is 1. The van der Waals surface area contributed by atoms with Crippen LogP contribution in [-0.4, -0.2) is 30.2 Å². The van der Waals surface area contributed by atoms with Crippen molar-refractivity contribution >= 4 is 23.7 Å². The number of benzene rings is 1. The summed E-state index contributed by atoms with van der Waals surface area (Å²) in [6.45, 7) is 0.993. The molecule has 0 atom stereocenters. The smallest absolute Gasteiger partial charge is 0.244 e. The van der Waals surface area contributed by atoms with Crippen LogP contribution in [0.3, 0.4) is 0 Å². The second-order valence-corrected chi connectivity index (χ2v) is 6.92. The molecule has 1 aromatic carbocycles. The molecule has 2 aliphatic rings. The van der Waals surface area contributed by atoms with Crippen LogP contribution in [0, 0.1) is 0 Å². The molecule has 1 saturated carbocycles. The lowest BCUT2D eigenvalue weighted by molar-refractivity contribution is -0.116. The van der Waals surface area contributed by atoms with E-state index in [-0.39, 0.29) is 12.7 Å². The molecule has 1 aromatic rings. The molecule has 0 saturated heterocycles. The summed E-state index contributed by atoms with van der Waals surface area (Å²) in [6.07, 6.45) is 8.76. The highest BCUT2D eigenvalue weighted by Crippen LogP contribution is 2.32. The van der Waals surface area contributed by atoms with Gasteiger partial charge in [-0.1, -0.05) is 18.9 Å². The molecule has 4 nitrogen and oxygen atoms in total. The van der Waals surface area contributed by atoms with Crippen LogP contribution < -0.4 is 14.8 Å². The summed E-state index contributed by atoms with van der Waals surface area (Å²) in [4.78, 5) is 11.8. The Morgan fingerprint density at radius 2 is 2.09 bits per heavy atom. The van der Waals surface area contributed by atoms with Gasteiger partial charge in [-0.15, -0.1) is 0 Å². The third-order valence-corrected chi connectivity index (χ3v) is 5.26. The predicted molar refractivity (Wildman–Crippen MR) is 89.3 cm³/mol. The summed E-state index contributed by atoms with van der Waals surface area (Å²) in [5.41, 5.74) is 0.930. The van der Waals surface area contributed by atoms with Crippen LogP contribution in [0.1, 0.15) is 31.2 Å². The summed E-state index contributed by atoms with van der Waals surface area (Å²) in [5.74, 6) is 2.43. The van der Waals surface area contributed by atoms with Crippen molar-refractivity contribution in [3.05, 3.63) is 29.8 Å². The maximum Gasteiger partial charge on any atom is 0.244 e. The van der Waals surface area contributed by atoms with E-state index in [1.165, 1.54) is 25.7 Å². The van der Waals surface area contributed by atoms with E-state index in [1.54, 1.807) is 12.2 Å². The third kappa shape index (κ3) is 4.19. The average molecular weight is 319 g/mol. The van der Waals surface area contributed by atoms with Gasteiger partial charge < -0.3 is 14.8 Å². The molecular weight excluding hydrogens is 298 g/mol. The van der Waals surface area contributed by atoms with Gasteiger partial charge in [-0.05, 0) is 36.6 Å². The van der Waals surface area contributed by atoms with Gasteiger partial charge >= 0.3 is 0 Å². The third-order valence-electron chi connectivity index (χ3n) is 3.88. The molecule has 0 bridgehead atoms. The zero-order valence-electron chi connectivity index (χ0n) is 12.5. The number of hydrogen-bond donors (Lipinski definition) is 1. The van der Waals surface area contributed by atoms with Crippen LogP contribution in [0.15, 0.2) is 24.3 Å². The molecule has 1 aliphatic heterocycles. The van der Waals surface area contributed by atoms with E-state index in [2.05, 4.69) is 5.32 Å². The van der Waals surface area contributed by atoms with Crippen molar-refractivity contribution in [2.45, 2.75) is 30.9 Å². The lowest BCUT2D eigenvalue weighted by Crippen LogP contribution is -2.24. The molecule has 1 aliphatic carbocycles. The van der Waals surface area contributed by atoms with Crippen LogP contribution in [0.25, 0.3) is 6.08 Å². The van der Waals surface area contributed by atoms with Gasteiger partial charge in [-0.2, -0.15) is 11.8 Å². The Bertz CT molecular complexity index is 553. The summed E-state index contributed by atoms with van der Waals surface area (Å²) in [6, 6.07) is 5.65. The van der Waals surface area contributed by atoms with Crippen molar-refractivity contribution in [2.24, 2.45) is 0 Å². The van der Waals surface area contributed by atoms with Gasteiger partial charge in [0.15, 0.2) is 11.5 Å². The first-order valence-corrected chi connectivity index (χ1v) is 8.83. The molecule has 118 valence electrons. The molecule has 5 heteroatoms. The first kappa shape index (κ1) is 15.3. The number of thioether (sulfide) groups is 1. The number of carbonyl (C=O) groups is 1. The van der Waals surface area contributed by atoms with Crippen molar-refractivity contribution < 1.29 is 14.3 Å². The summed E-state index contributed by atoms with van der Waals surface area (Å²) < 4.78 is 10.6. The fourth-order valence-corrected chi connectivity index (χ4v) is 3.92. The van der Waals surface area contributed by atoms with Gasteiger partial charge in [-0.25, -0.2) is 0 Å². The Balaban J connectivity index is 1.39. The fraction of sp³-hybridized carbons (Fsp3) is 0.471. The van der Waals surface area contributed by atoms with E-state index >= 15 is 0 Å². The second-order valence-electron chi connectivity index (χ2n) is 5.51. The van der Waals surface area contributed by atoms with Gasteiger partial charge in [0.05, 0.1) is 0 Å². The van der Waals surface area contributed by atoms with Crippen molar-refractivity contribution in [3.63, 3.8) is 0 Å². The number of hydrogen-bond acceptors (Lipinski definition) is 4.